The quantitative estimate of drug-likeness (QED) is 0.387. The lowest BCUT2D eigenvalue weighted by Gasteiger charge is -2.16. The van der Waals surface area contributed by atoms with Crippen molar-refractivity contribution in [1.29, 1.82) is 10.5 Å². The molecule has 0 aliphatic rings. The Labute approximate surface area is 177 Å². The molecule has 0 aliphatic heterocycles. The van der Waals surface area contributed by atoms with E-state index in [1.54, 1.807) is 0 Å². The Morgan fingerprint density at radius 1 is 0.900 bits per heavy atom. The van der Waals surface area contributed by atoms with Gasteiger partial charge in [-0.3, -0.25) is 0 Å². The first kappa shape index (κ1) is 21.8. The second-order valence-electron chi connectivity index (χ2n) is 6.40. The smallest absolute Gasteiger partial charge is 0.210 e. The fourth-order valence-corrected chi connectivity index (χ4v) is 3.53. The Bertz CT molecular complexity index is 1240. The average Bonchev–Trinajstić information content (AvgIpc) is 2.66. The first-order chi connectivity index (χ1) is 14.0. The Hall–Kier alpha value is -2.87. The predicted octanol–water partition coefficient (Wildman–Crippen LogP) is 7.38. The Kier molecular flexibility index (Phi) is 5.90. The zero-order valence-electron chi connectivity index (χ0n) is 14.8. The van der Waals surface area contributed by atoms with E-state index in [0.29, 0.717) is 11.5 Å². The van der Waals surface area contributed by atoms with Gasteiger partial charge in [-0.2, -0.15) is 23.7 Å². The number of hydrogen-bond donors (Lipinski definition) is 0. The molecule has 2 nitrogen and oxygen atoms in total. The third-order valence-corrected chi connectivity index (χ3v) is 5.13. The number of nitrogens with zero attached hydrogens (tertiary/aromatic N) is 2. The Morgan fingerprint density at radius 2 is 1.57 bits per heavy atom. The van der Waals surface area contributed by atoms with Crippen LogP contribution < -0.4 is 0 Å². The van der Waals surface area contributed by atoms with Gasteiger partial charge in [-0.1, -0.05) is 29.3 Å². The molecular formula is C21H9Cl2F5N2. The van der Waals surface area contributed by atoms with Crippen LogP contribution in [0, 0.1) is 22.7 Å². The summed E-state index contributed by atoms with van der Waals surface area (Å²) in [5.41, 5.74) is -1.81. The molecule has 0 amide bonds. The van der Waals surface area contributed by atoms with Gasteiger partial charge in [-0.15, -0.1) is 0 Å². The summed E-state index contributed by atoms with van der Waals surface area (Å²) in [6, 6.07) is 10.4. The number of rotatable bonds is 3. The van der Waals surface area contributed by atoms with Gasteiger partial charge in [-0.05, 0) is 52.2 Å². The van der Waals surface area contributed by atoms with Crippen LogP contribution in [0.2, 0.25) is 10.0 Å². The number of halogens is 7. The molecule has 0 N–H and O–H groups in total. The van der Waals surface area contributed by atoms with Gasteiger partial charge in [-0.25, -0.2) is 8.78 Å². The summed E-state index contributed by atoms with van der Waals surface area (Å²) in [4.78, 5) is 0. The average molecular weight is 455 g/mol. The van der Waals surface area contributed by atoms with E-state index in [2.05, 4.69) is 0 Å². The fourth-order valence-electron chi connectivity index (χ4n) is 3.20. The summed E-state index contributed by atoms with van der Waals surface area (Å²) in [6.07, 6.45) is -8.57. The molecule has 152 valence electrons. The van der Waals surface area contributed by atoms with E-state index in [1.165, 1.54) is 18.2 Å². The minimum Gasteiger partial charge on any atom is -0.210 e. The topological polar surface area (TPSA) is 47.6 Å². The zero-order chi connectivity index (χ0) is 22.2. The summed E-state index contributed by atoms with van der Waals surface area (Å²) in [7, 11) is 0. The third kappa shape index (κ3) is 4.18. The van der Waals surface area contributed by atoms with Crippen LogP contribution in [-0.2, 0) is 12.6 Å². The highest BCUT2D eigenvalue weighted by Gasteiger charge is 2.32. The maximum Gasteiger partial charge on any atom is 0.416 e. The van der Waals surface area contributed by atoms with Crippen molar-refractivity contribution in [1.82, 2.24) is 0 Å². The molecule has 0 fully saturated rings. The van der Waals surface area contributed by atoms with Crippen LogP contribution in [0.15, 0.2) is 36.4 Å². The second kappa shape index (κ2) is 8.10. The van der Waals surface area contributed by atoms with E-state index in [1.807, 2.05) is 12.1 Å². The highest BCUT2D eigenvalue weighted by Crippen LogP contribution is 2.41. The van der Waals surface area contributed by atoms with Crippen molar-refractivity contribution in [3.63, 3.8) is 0 Å². The lowest BCUT2D eigenvalue weighted by molar-refractivity contribution is -0.137. The summed E-state index contributed by atoms with van der Waals surface area (Å²) < 4.78 is 66.0. The maximum absolute atomic E-state index is 13.4. The van der Waals surface area contributed by atoms with E-state index in [-0.39, 0.29) is 43.2 Å². The van der Waals surface area contributed by atoms with Gasteiger partial charge in [0, 0.05) is 12.0 Å². The third-order valence-electron chi connectivity index (χ3n) is 4.41. The molecule has 0 saturated heterocycles. The molecule has 0 saturated carbocycles. The van der Waals surface area contributed by atoms with Crippen molar-refractivity contribution < 1.29 is 22.0 Å². The summed E-state index contributed by atoms with van der Waals surface area (Å²) in [5.74, 6) is 0. The molecule has 9 heteroatoms. The summed E-state index contributed by atoms with van der Waals surface area (Å²) >= 11 is 12.1. The molecular weight excluding hydrogens is 446 g/mol. The highest BCUT2D eigenvalue weighted by molar-refractivity contribution is 6.43. The molecule has 3 aromatic rings. The maximum atomic E-state index is 13.4. The van der Waals surface area contributed by atoms with Gasteiger partial charge in [0.2, 0.25) is 6.43 Å². The van der Waals surface area contributed by atoms with Gasteiger partial charge in [0.15, 0.2) is 0 Å². The molecule has 3 rings (SSSR count). The van der Waals surface area contributed by atoms with E-state index < -0.39 is 24.6 Å². The van der Waals surface area contributed by atoms with Crippen molar-refractivity contribution in [2.45, 2.75) is 19.0 Å². The van der Waals surface area contributed by atoms with Gasteiger partial charge >= 0.3 is 6.18 Å². The number of fused-ring (bicyclic) bond motifs is 1. The first-order valence-corrected chi connectivity index (χ1v) is 9.06. The van der Waals surface area contributed by atoms with Crippen molar-refractivity contribution in [3.05, 3.63) is 68.7 Å². The van der Waals surface area contributed by atoms with Crippen LogP contribution in [-0.4, -0.2) is 6.43 Å². The van der Waals surface area contributed by atoms with Crippen LogP contribution in [0.5, 0.6) is 0 Å². The molecule has 0 atom stereocenters. The van der Waals surface area contributed by atoms with Crippen molar-refractivity contribution in [2.24, 2.45) is 0 Å². The molecule has 30 heavy (non-hydrogen) atoms. The SMILES string of the molecule is N#Cc1cc2cc(Cl)c(Cl)cc2c(-c2cc(CC(F)F)cc(C(F)(F)F)c2)c1C#N. The lowest BCUT2D eigenvalue weighted by atomic mass is 9.88. The minimum atomic E-state index is -4.80. The number of benzene rings is 3. The molecule has 0 aromatic heterocycles. The van der Waals surface area contributed by atoms with Crippen LogP contribution in [0.1, 0.15) is 22.3 Å². The van der Waals surface area contributed by atoms with Gasteiger partial charge in [0.05, 0.1) is 26.7 Å². The molecule has 0 radical (unpaired) electrons. The largest absolute Gasteiger partial charge is 0.416 e. The summed E-state index contributed by atoms with van der Waals surface area (Å²) in [5, 5.41) is 19.9. The van der Waals surface area contributed by atoms with Gasteiger partial charge < -0.3 is 0 Å². The van der Waals surface area contributed by atoms with E-state index >= 15 is 0 Å². The minimum absolute atomic E-state index is 0.00765. The van der Waals surface area contributed by atoms with E-state index in [4.69, 9.17) is 23.2 Å². The van der Waals surface area contributed by atoms with Crippen molar-refractivity contribution in [3.8, 4) is 23.3 Å². The van der Waals surface area contributed by atoms with Crippen molar-refractivity contribution >= 4 is 34.0 Å². The van der Waals surface area contributed by atoms with Crippen LogP contribution in [0.25, 0.3) is 21.9 Å². The predicted molar refractivity (Wildman–Crippen MR) is 104 cm³/mol. The number of hydrogen-bond acceptors (Lipinski definition) is 2. The van der Waals surface area contributed by atoms with E-state index in [9.17, 15) is 32.5 Å². The monoisotopic (exact) mass is 454 g/mol. The van der Waals surface area contributed by atoms with Crippen LogP contribution >= 0.6 is 23.2 Å². The first-order valence-electron chi connectivity index (χ1n) is 8.30. The molecule has 0 aliphatic carbocycles. The van der Waals surface area contributed by atoms with E-state index in [0.717, 1.165) is 12.1 Å². The molecule has 0 unspecified atom stereocenters. The normalized spacial score (nSPS) is 11.5. The molecule has 0 bridgehead atoms. The standard InChI is InChI=1S/C21H9Cl2F5N2/c22-17-6-11-4-13(8-29)16(9-30)20(15(11)7-18(17)23)12-1-10(3-19(24)25)2-14(5-12)21(26,27)28/h1-2,4-7,19H,3H2. The molecule has 3 aromatic carbocycles. The number of alkyl halides is 5. The fraction of sp³-hybridized carbons (Fsp3) is 0.143. The van der Waals surface area contributed by atoms with Gasteiger partial charge in [0.1, 0.15) is 12.1 Å². The lowest BCUT2D eigenvalue weighted by Crippen LogP contribution is -2.08. The Balaban J connectivity index is 2.47. The van der Waals surface area contributed by atoms with Crippen LogP contribution in [0.4, 0.5) is 22.0 Å². The Morgan fingerprint density at radius 3 is 2.13 bits per heavy atom. The second-order valence-corrected chi connectivity index (χ2v) is 7.21. The molecule has 0 spiro atoms. The van der Waals surface area contributed by atoms with Crippen molar-refractivity contribution in [2.75, 3.05) is 0 Å². The number of nitriles is 2. The zero-order valence-corrected chi connectivity index (χ0v) is 16.3. The highest BCUT2D eigenvalue weighted by atomic mass is 35.5. The molecule has 0 heterocycles. The van der Waals surface area contributed by atoms with Gasteiger partial charge in [0.25, 0.3) is 0 Å². The summed E-state index contributed by atoms with van der Waals surface area (Å²) in [6.45, 7) is 0. The van der Waals surface area contributed by atoms with Crippen LogP contribution in [0.3, 0.4) is 0 Å².